The number of thiocarbonyl (C=S) groups is 1. The molecule has 1 aliphatic heterocycles. The van der Waals surface area contributed by atoms with Crippen molar-refractivity contribution >= 4 is 68.0 Å². The Hall–Kier alpha value is -3.10. The normalized spacial score (nSPS) is 14.0. The van der Waals surface area contributed by atoms with E-state index in [0.29, 0.717) is 16.6 Å². The average Bonchev–Trinajstić information content (AvgIpc) is 3.02. The number of rotatable bonds is 2. The molecule has 28 heavy (non-hydrogen) atoms. The Bertz CT molecular complexity index is 1180. The number of benzene rings is 2. The predicted molar refractivity (Wildman–Crippen MR) is 113 cm³/mol. The minimum Gasteiger partial charge on any atom is -0.299 e. The van der Waals surface area contributed by atoms with Gasteiger partial charge in [0, 0.05) is 27.2 Å². The van der Waals surface area contributed by atoms with Crippen LogP contribution < -0.4 is 10.6 Å². The zero-order valence-corrected chi connectivity index (χ0v) is 16.6. The van der Waals surface area contributed by atoms with Gasteiger partial charge in [-0.25, -0.2) is 0 Å². The first-order chi connectivity index (χ1) is 13.4. The van der Waals surface area contributed by atoms with Gasteiger partial charge in [-0.3, -0.25) is 29.6 Å². The first-order valence-electron chi connectivity index (χ1n) is 8.23. The minimum absolute atomic E-state index is 0.0309. The van der Waals surface area contributed by atoms with E-state index < -0.39 is 11.8 Å². The highest BCUT2D eigenvalue weighted by molar-refractivity contribution is 9.10. The lowest BCUT2D eigenvalue weighted by molar-refractivity contribution is -0.123. The van der Waals surface area contributed by atoms with Gasteiger partial charge in [-0.15, -0.1) is 0 Å². The molecular weight excluding hydrogens is 442 g/mol. The molecule has 0 unspecified atom stereocenters. The number of hydrogen-bond acceptors (Lipinski definition) is 4. The van der Waals surface area contributed by atoms with Crippen molar-refractivity contribution in [2.24, 2.45) is 0 Å². The highest BCUT2D eigenvalue weighted by Gasteiger charge is 2.26. The van der Waals surface area contributed by atoms with Crippen molar-refractivity contribution in [3.05, 3.63) is 75.9 Å². The number of hydrogen-bond donors (Lipinski definition) is 2. The van der Waals surface area contributed by atoms with Crippen molar-refractivity contribution in [1.82, 2.24) is 15.2 Å². The van der Waals surface area contributed by atoms with E-state index in [2.05, 4.69) is 26.6 Å². The zero-order chi connectivity index (χ0) is 19.8. The van der Waals surface area contributed by atoms with Crippen LogP contribution in [0.1, 0.15) is 15.9 Å². The molecule has 0 aliphatic carbocycles. The lowest BCUT2D eigenvalue weighted by Crippen LogP contribution is -2.51. The Labute approximate surface area is 173 Å². The van der Waals surface area contributed by atoms with Gasteiger partial charge in [0.05, 0.1) is 5.52 Å². The number of fused-ring (bicyclic) bond motifs is 1. The van der Waals surface area contributed by atoms with E-state index in [4.69, 9.17) is 12.2 Å². The van der Waals surface area contributed by atoms with Crippen LogP contribution in [0.25, 0.3) is 17.0 Å². The van der Waals surface area contributed by atoms with Crippen molar-refractivity contribution in [1.29, 1.82) is 0 Å². The summed E-state index contributed by atoms with van der Waals surface area (Å²) in [6.07, 6.45) is 3.07. The molecule has 1 aliphatic rings. The molecule has 1 aromatic heterocycles. The molecule has 2 amide bonds. The van der Waals surface area contributed by atoms with Gasteiger partial charge in [-0.05, 0) is 48.6 Å². The second-order valence-corrected chi connectivity index (χ2v) is 7.41. The molecule has 3 aromatic rings. The first kappa shape index (κ1) is 18.3. The SMILES string of the molecule is O=C1NC(=S)NC(=O)C1=Cc1cn(C(=O)c2ccccc2)c2ccc(Br)cc12. The molecule has 0 bridgehead atoms. The highest BCUT2D eigenvalue weighted by Crippen LogP contribution is 2.28. The van der Waals surface area contributed by atoms with Gasteiger partial charge in [0.2, 0.25) is 0 Å². The fourth-order valence-corrected chi connectivity index (χ4v) is 3.54. The van der Waals surface area contributed by atoms with Crippen LogP contribution in [0, 0.1) is 0 Å². The number of nitrogens with one attached hydrogen (secondary N) is 2. The van der Waals surface area contributed by atoms with Crippen LogP contribution in [0.4, 0.5) is 0 Å². The molecule has 0 radical (unpaired) electrons. The van der Waals surface area contributed by atoms with Crippen LogP contribution in [-0.2, 0) is 9.59 Å². The molecule has 2 aromatic carbocycles. The maximum atomic E-state index is 13.0. The van der Waals surface area contributed by atoms with Gasteiger partial charge in [0.15, 0.2) is 5.11 Å². The summed E-state index contributed by atoms with van der Waals surface area (Å²) in [5.74, 6) is -1.38. The Morgan fingerprint density at radius 3 is 2.39 bits per heavy atom. The van der Waals surface area contributed by atoms with E-state index >= 15 is 0 Å². The summed E-state index contributed by atoms with van der Waals surface area (Å²) in [6, 6.07) is 14.3. The third kappa shape index (κ3) is 3.28. The van der Waals surface area contributed by atoms with Crippen LogP contribution in [0.5, 0.6) is 0 Å². The van der Waals surface area contributed by atoms with Gasteiger partial charge in [0.1, 0.15) is 5.57 Å². The summed E-state index contributed by atoms with van der Waals surface area (Å²) < 4.78 is 2.32. The lowest BCUT2D eigenvalue weighted by Gasteiger charge is -2.16. The maximum absolute atomic E-state index is 13.0. The fraction of sp³-hybridized carbons (Fsp3) is 0. The van der Waals surface area contributed by atoms with Gasteiger partial charge in [0.25, 0.3) is 17.7 Å². The van der Waals surface area contributed by atoms with Crippen molar-refractivity contribution in [3.8, 4) is 0 Å². The zero-order valence-electron chi connectivity index (χ0n) is 14.2. The summed E-state index contributed by atoms with van der Waals surface area (Å²) in [4.78, 5) is 37.3. The van der Waals surface area contributed by atoms with Crippen LogP contribution in [0.15, 0.2) is 64.8 Å². The molecule has 1 saturated heterocycles. The third-order valence-corrected chi connectivity index (χ3v) is 4.98. The van der Waals surface area contributed by atoms with Gasteiger partial charge < -0.3 is 0 Å². The molecule has 2 heterocycles. The summed E-state index contributed by atoms with van der Waals surface area (Å²) in [6.45, 7) is 0. The molecule has 138 valence electrons. The standard InChI is InChI=1S/C20H12BrN3O3S/c21-13-6-7-16-14(9-13)12(8-15-17(25)22-20(28)23-18(15)26)10-24(16)19(27)11-4-2-1-3-5-11/h1-10H,(H2,22,23,25,26,28). The number of nitrogens with zero attached hydrogens (tertiary/aromatic N) is 1. The van der Waals surface area contributed by atoms with Crippen molar-refractivity contribution in [2.45, 2.75) is 0 Å². The third-order valence-electron chi connectivity index (χ3n) is 4.28. The number of carbonyl (C=O) groups is 3. The Morgan fingerprint density at radius 2 is 1.71 bits per heavy atom. The van der Waals surface area contributed by atoms with Crippen LogP contribution in [0.2, 0.25) is 0 Å². The summed E-state index contributed by atoms with van der Waals surface area (Å²) in [5, 5.41) is 5.50. The van der Waals surface area contributed by atoms with E-state index in [1.54, 1.807) is 36.5 Å². The molecule has 0 atom stereocenters. The lowest BCUT2D eigenvalue weighted by atomic mass is 10.1. The number of aromatic nitrogens is 1. The number of carbonyl (C=O) groups excluding carboxylic acids is 3. The minimum atomic E-state index is -0.584. The Morgan fingerprint density at radius 1 is 1.04 bits per heavy atom. The summed E-state index contributed by atoms with van der Waals surface area (Å²) in [7, 11) is 0. The quantitative estimate of drug-likeness (QED) is 0.355. The van der Waals surface area contributed by atoms with E-state index in [9.17, 15) is 14.4 Å². The number of halogens is 1. The topological polar surface area (TPSA) is 80.2 Å². The second kappa shape index (κ2) is 7.14. The molecule has 0 saturated carbocycles. The van der Waals surface area contributed by atoms with Crippen molar-refractivity contribution < 1.29 is 14.4 Å². The molecule has 1 fully saturated rings. The number of amides is 2. The first-order valence-corrected chi connectivity index (χ1v) is 9.43. The molecule has 4 rings (SSSR count). The van der Waals surface area contributed by atoms with E-state index in [-0.39, 0.29) is 16.6 Å². The molecular formula is C20H12BrN3O3S. The van der Waals surface area contributed by atoms with Crippen LogP contribution in [-0.4, -0.2) is 27.4 Å². The largest absolute Gasteiger partial charge is 0.299 e. The molecule has 2 N–H and O–H groups in total. The summed E-state index contributed by atoms with van der Waals surface area (Å²) >= 11 is 8.24. The molecule has 6 nitrogen and oxygen atoms in total. The highest BCUT2D eigenvalue weighted by atomic mass is 79.9. The monoisotopic (exact) mass is 453 g/mol. The van der Waals surface area contributed by atoms with Gasteiger partial charge in [-0.1, -0.05) is 34.1 Å². The average molecular weight is 454 g/mol. The smallest absolute Gasteiger partial charge is 0.263 e. The Balaban J connectivity index is 1.88. The van der Waals surface area contributed by atoms with E-state index in [0.717, 1.165) is 9.86 Å². The van der Waals surface area contributed by atoms with E-state index in [1.807, 2.05) is 18.2 Å². The van der Waals surface area contributed by atoms with E-state index in [1.165, 1.54) is 10.6 Å². The maximum Gasteiger partial charge on any atom is 0.263 e. The van der Waals surface area contributed by atoms with Gasteiger partial charge >= 0.3 is 0 Å². The summed E-state index contributed by atoms with van der Waals surface area (Å²) in [5.41, 5.74) is 1.67. The van der Waals surface area contributed by atoms with Gasteiger partial charge in [-0.2, -0.15) is 0 Å². The predicted octanol–water partition coefficient (Wildman–Crippen LogP) is 3.01. The van der Waals surface area contributed by atoms with Crippen molar-refractivity contribution in [2.75, 3.05) is 0 Å². The Kier molecular flexibility index (Phi) is 4.66. The van der Waals surface area contributed by atoms with Crippen LogP contribution in [0.3, 0.4) is 0 Å². The molecule has 8 heteroatoms. The van der Waals surface area contributed by atoms with Crippen LogP contribution >= 0.6 is 28.1 Å². The second-order valence-electron chi connectivity index (χ2n) is 6.08. The molecule has 0 spiro atoms. The van der Waals surface area contributed by atoms with Crippen molar-refractivity contribution in [3.63, 3.8) is 0 Å². The fourth-order valence-electron chi connectivity index (χ4n) is 2.99.